The molecule has 2 aromatic rings. The molecule has 1 N–H and O–H groups in total. The van der Waals surface area contributed by atoms with Crippen LogP contribution in [0.5, 0.6) is 0 Å². The van der Waals surface area contributed by atoms with Crippen LogP contribution >= 0.6 is 0 Å². The Kier molecular flexibility index (Phi) is 6.73. The van der Waals surface area contributed by atoms with Crippen LogP contribution in [0.25, 0.3) is 11.4 Å². The van der Waals surface area contributed by atoms with Gasteiger partial charge in [0.15, 0.2) is 0 Å². The minimum Gasteiger partial charge on any atom is -0.348 e. The summed E-state index contributed by atoms with van der Waals surface area (Å²) in [5.41, 5.74) is 0.878. The van der Waals surface area contributed by atoms with Crippen LogP contribution in [0.15, 0.2) is 28.8 Å². The maximum atomic E-state index is 12.5. The minimum atomic E-state index is -4.72. The van der Waals surface area contributed by atoms with E-state index in [1.807, 2.05) is 13.8 Å². The average Bonchev–Trinajstić information content (AvgIpc) is 3.14. The lowest BCUT2D eigenvalue weighted by Crippen LogP contribution is -2.43. The van der Waals surface area contributed by atoms with E-state index in [2.05, 4.69) is 20.0 Å². The lowest BCUT2D eigenvalue weighted by molar-refractivity contribution is -0.182. The SMILES string of the molecule is CON(Cc1ccc(-c2noc(C(F)(F)F)n2)cc1)C(=O)C(=O)NCC(C)C. The number of carbonyl (C=O) groups excluding carboxylic acids is 2. The fourth-order valence-corrected chi connectivity index (χ4v) is 2.09. The number of hydrogen-bond acceptors (Lipinski definition) is 6. The highest BCUT2D eigenvalue weighted by Gasteiger charge is 2.38. The van der Waals surface area contributed by atoms with E-state index in [1.54, 1.807) is 12.1 Å². The van der Waals surface area contributed by atoms with Gasteiger partial charge in [-0.2, -0.15) is 18.2 Å². The molecule has 0 saturated heterocycles. The van der Waals surface area contributed by atoms with Crippen molar-refractivity contribution in [2.24, 2.45) is 5.92 Å². The molecule has 0 fully saturated rings. The molecule has 28 heavy (non-hydrogen) atoms. The Balaban J connectivity index is 2.05. The number of aromatic nitrogens is 2. The zero-order valence-electron chi connectivity index (χ0n) is 15.4. The van der Waals surface area contributed by atoms with E-state index in [0.29, 0.717) is 17.7 Å². The second-order valence-electron chi connectivity index (χ2n) is 6.25. The summed E-state index contributed by atoms with van der Waals surface area (Å²) in [7, 11) is 1.25. The lowest BCUT2D eigenvalue weighted by Gasteiger charge is -2.19. The molecule has 0 unspecified atom stereocenters. The first-order valence-corrected chi connectivity index (χ1v) is 8.25. The number of alkyl halides is 3. The minimum absolute atomic E-state index is 0.0369. The van der Waals surface area contributed by atoms with E-state index in [-0.39, 0.29) is 18.3 Å². The van der Waals surface area contributed by atoms with Crippen LogP contribution < -0.4 is 5.32 Å². The van der Waals surface area contributed by atoms with Crippen molar-refractivity contribution in [2.75, 3.05) is 13.7 Å². The fourth-order valence-electron chi connectivity index (χ4n) is 2.09. The van der Waals surface area contributed by atoms with Crippen LogP contribution in [-0.4, -0.2) is 40.7 Å². The Bertz CT molecular complexity index is 819. The van der Waals surface area contributed by atoms with Gasteiger partial charge in [0.05, 0.1) is 13.7 Å². The molecule has 1 aromatic heterocycles. The molecule has 0 aliphatic rings. The highest BCUT2D eigenvalue weighted by atomic mass is 19.4. The molecule has 1 heterocycles. The van der Waals surface area contributed by atoms with Crippen molar-refractivity contribution in [2.45, 2.75) is 26.6 Å². The van der Waals surface area contributed by atoms with Gasteiger partial charge in [0.25, 0.3) is 0 Å². The first-order valence-electron chi connectivity index (χ1n) is 8.25. The van der Waals surface area contributed by atoms with Crippen molar-refractivity contribution in [3.8, 4) is 11.4 Å². The molecule has 2 rings (SSSR count). The molecule has 2 amide bonds. The number of halogens is 3. The summed E-state index contributed by atoms with van der Waals surface area (Å²) in [5.74, 6) is -3.12. The first-order chi connectivity index (χ1) is 13.1. The Hall–Kier alpha value is -2.95. The molecule has 152 valence electrons. The quantitative estimate of drug-likeness (QED) is 0.591. The Labute approximate surface area is 158 Å². The Morgan fingerprint density at radius 1 is 1.25 bits per heavy atom. The van der Waals surface area contributed by atoms with E-state index in [1.165, 1.54) is 19.2 Å². The molecule has 0 radical (unpaired) electrons. The summed E-state index contributed by atoms with van der Waals surface area (Å²) in [6.07, 6.45) is -4.72. The third kappa shape index (κ3) is 5.52. The number of carbonyl (C=O) groups is 2. The van der Waals surface area contributed by atoms with E-state index in [0.717, 1.165) is 5.06 Å². The third-order valence-corrected chi connectivity index (χ3v) is 3.52. The van der Waals surface area contributed by atoms with E-state index in [4.69, 9.17) is 4.84 Å². The van der Waals surface area contributed by atoms with Crippen molar-refractivity contribution in [3.05, 3.63) is 35.7 Å². The van der Waals surface area contributed by atoms with Gasteiger partial charge in [-0.25, -0.2) is 5.06 Å². The van der Waals surface area contributed by atoms with Gasteiger partial charge in [-0.05, 0) is 11.5 Å². The number of benzene rings is 1. The normalized spacial score (nSPS) is 11.5. The van der Waals surface area contributed by atoms with Crippen molar-refractivity contribution in [3.63, 3.8) is 0 Å². The van der Waals surface area contributed by atoms with Crippen LogP contribution in [0.2, 0.25) is 0 Å². The highest BCUT2D eigenvalue weighted by molar-refractivity contribution is 6.34. The fraction of sp³-hybridized carbons (Fsp3) is 0.412. The average molecular weight is 400 g/mol. The van der Waals surface area contributed by atoms with E-state index < -0.39 is 23.9 Å². The van der Waals surface area contributed by atoms with Gasteiger partial charge in [0.2, 0.25) is 5.82 Å². The molecule has 0 atom stereocenters. The molecule has 0 aliphatic carbocycles. The number of rotatable bonds is 6. The lowest BCUT2D eigenvalue weighted by atomic mass is 10.1. The highest BCUT2D eigenvalue weighted by Crippen LogP contribution is 2.29. The van der Waals surface area contributed by atoms with Crippen LogP contribution in [0.3, 0.4) is 0 Å². The van der Waals surface area contributed by atoms with Gasteiger partial charge in [-0.1, -0.05) is 43.3 Å². The second-order valence-corrected chi connectivity index (χ2v) is 6.25. The number of hydroxylamine groups is 2. The smallest absolute Gasteiger partial charge is 0.348 e. The summed E-state index contributed by atoms with van der Waals surface area (Å²) in [6, 6.07) is 6.03. The largest absolute Gasteiger partial charge is 0.471 e. The molecular formula is C17H19F3N4O4. The molecule has 1 aromatic carbocycles. The summed E-state index contributed by atoms with van der Waals surface area (Å²) in [5, 5.41) is 6.67. The van der Waals surface area contributed by atoms with E-state index >= 15 is 0 Å². The Morgan fingerprint density at radius 3 is 2.39 bits per heavy atom. The number of amides is 2. The zero-order chi connectivity index (χ0) is 20.9. The summed E-state index contributed by atoms with van der Waals surface area (Å²) in [4.78, 5) is 32.2. The number of hydrogen-bond donors (Lipinski definition) is 1. The maximum Gasteiger partial charge on any atom is 0.471 e. The van der Waals surface area contributed by atoms with E-state index in [9.17, 15) is 22.8 Å². The monoisotopic (exact) mass is 400 g/mol. The van der Waals surface area contributed by atoms with Gasteiger partial charge in [0.1, 0.15) is 0 Å². The van der Waals surface area contributed by atoms with Gasteiger partial charge in [0, 0.05) is 12.1 Å². The second kappa shape index (κ2) is 8.83. The van der Waals surface area contributed by atoms with Crippen LogP contribution in [0.1, 0.15) is 25.3 Å². The molecule has 0 aliphatic heterocycles. The van der Waals surface area contributed by atoms with Crippen LogP contribution in [0, 0.1) is 5.92 Å². The molecule has 11 heteroatoms. The third-order valence-electron chi connectivity index (χ3n) is 3.52. The molecule has 0 bridgehead atoms. The van der Waals surface area contributed by atoms with Gasteiger partial charge < -0.3 is 9.84 Å². The topological polar surface area (TPSA) is 97.6 Å². The molecular weight excluding hydrogens is 381 g/mol. The number of nitrogens with one attached hydrogen (secondary N) is 1. The van der Waals surface area contributed by atoms with Crippen LogP contribution in [-0.2, 0) is 27.1 Å². The summed E-state index contributed by atoms with van der Waals surface area (Å²) < 4.78 is 41.8. The van der Waals surface area contributed by atoms with Crippen molar-refractivity contribution in [1.29, 1.82) is 0 Å². The van der Waals surface area contributed by atoms with Gasteiger partial charge >= 0.3 is 23.9 Å². The predicted octanol–water partition coefficient (Wildman–Crippen LogP) is 2.42. The number of nitrogens with zero attached hydrogens (tertiary/aromatic N) is 3. The van der Waals surface area contributed by atoms with Crippen molar-refractivity contribution < 1.29 is 32.1 Å². The maximum absolute atomic E-state index is 12.5. The zero-order valence-corrected chi connectivity index (χ0v) is 15.4. The Morgan fingerprint density at radius 2 is 1.89 bits per heavy atom. The van der Waals surface area contributed by atoms with Crippen molar-refractivity contribution >= 4 is 11.8 Å². The standard InChI is InChI=1S/C17H19F3N4O4/c1-10(2)8-21-14(25)15(26)24(27-3)9-11-4-6-12(7-5-11)13-22-16(28-23-13)17(18,19)20/h4-7,10H,8-9H2,1-3H3,(H,21,25). The predicted molar refractivity (Wildman–Crippen MR) is 90.1 cm³/mol. The van der Waals surface area contributed by atoms with Crippen molar-refractivity contribution in [1.82, 2.24) is 20.5 Å². The first kappa shape index (κ1) is 21.4. The summed E-state index contributed by atoms with van der Waals surface area (Å²) >= 11 is 0. The molecule has 0 spiro atoms. The summed E-state index contributed by atoms with van der Waals surface area (Å²) in [6.45, 7) is 4.09. The van der Waals surface area contributed by atoms with Gasteiger partial charge in [-0.15, -0.1) is 0 Å². The molecule has 8 nitrogen and oxygen atoms in total. The van der Waals surface area contributed by atoms with Crippen LogP contribution in [0.4, 0.5) is 13.2 Å². The van der Waals surface area contributed by atoms with Gasteiger partial charge in [-0.3, -0.25) is 14.4 Å². The molecule has 0 saturated carbocycles.